The highest BCUT2D eigenvalue weighted by molar-refractivity contribution is 5.89. The lowest BCUT2D eigenvalue weighted by atomic mass is 10.0. The van der Waals surface area contributed by atoms with Crippen molar-refractivity contribution in [1.82, 2.24) is 0 Å². The van der Waals surface area contributed by atoms with Gasteiger partial charge in [-0.05, 0) is 6.07 Å². The normalized spacial score (nSPS) is 10.8. The van der Waals surface area contributed by atoms with Crippen molar-refractivity contribution in [3.63, 3.8) is 0 Å². The van der Waals surface area contributed by atoms with Gasteiger partial charge in [-0.1, -0.05) is 0 Å². The van der Waals surface area contributed by atoms with Gasteiger partial charge in [-0.2, -0.15) is 0 Å². The maximum atomic E-state index is 12.6. The monoisotopic (exact) mass is 316 g/mol. The molecular formula is C16H12O7. The van der Waals surface area contributed by atoms with Crippen molar-refractivity contribution in [2.75, 3.05) is 7.11 Å². The van der Waals surface area contributed by atoms with E-state index in [4.69, 9.17) is 9.15 Å². The van der Waals surface area contributed by atoms with Crippen LogP contribution in [0.5, 0.6) is 28.7 Å². The van der Waals surface area contributed by atoms with Crippen LogP contribution in [-0.4, -0.2) is 27.5 Å². The van der Waals surface area contributed by atoms with Crippen LogP contribution in [0.15, 0.2) is 39.7 Å². The molecule has 3 rings (SSSR count). The number of ether oxygens (including phenoxy) is 1. The van der Waals surface area contributed by atoms with Crippen LogP contribution in [-0.2, 0) is 0 Å². The number of fused-ring (bicyclic) bond motifs is 1. The van der Waals surface area contributed by atoms with E-state index >= 15 is 0 Å². The SMILES string of the molecule is COc1cc(O)c(O)cc1-c1coc2cc(O)cc(O)c2c1=O. The number of methoxy groups -OCH3 is 1. The highest BCUT2D eigenvalue weighted by atomic mass is 16.5. The number of rotatable bonds is 2. The Morgan fingerprint density at radius 3 is 2.30 bits per heavy atom. The Labute approximate surface area is 129 Å². The van der Waals surface area contributed by atoms with Gasteiger partial charge in [0.25, 0.3) is 0 Å². The van der Waals surface area contributed by atoms with Crippen LogP contribution in [0.3, 0.4) is 0 Å². The van der Waals surface area contributed by atoms with Crippen LogP contribution in [0, 0.1) is 0 Å². The van der Waals surface area contributed by atoms with E-state index in [-0.39, 0.29) is 33.6 Å². The summed E-state index contributed by atoms with van der Waals surface area (Å²) in [5, 5.41) is 38.4. The van der Waals surface area contributed by atoms with Crippen LogP contribution in [0.25, 0.3) is 22.1 Å². The largest absolute Gasteiger partial charge is 0.508 e. The number of hydrogen-bond donors (Lipinski definition) is 4. The van der Waals surface area contributed by atoms with Gasteiger partial charge in [0.1, 0.15) is 34.5 Å². The minimum atomic E-state index is -0.577. The molecular weight excluding hydrogens is 304 g/mol. The molecule has 0 aliphatic carbocycles. The molecule has 1 aromatic heterocycles. The standard InChI is InChI=1S/C16H12O7/c1-22-13-5-11(19)10(18)4-8(13)9-6-23-14-3-7(17)2-12(20)15(14)16(9)21/h2-6,17-20H,1H3. The summed E-state index contributed by atoms with van der Waals surface area (Å²) in [5.41, 5.74) is -0.359. The van der Waals surface area contributed by atoms with E-state index in [2.05, 4.69) is 0 Å². The van der Waals surface area contributed by atoms with E-state index in [0.29, 0.717) is 0 Å². The molecule has 0 radical (unpaired) electrons. The molecule has 0 spiro atoms. The van der Waals surface area contributed by atoms with Gasteiger partial charge in [0, 0.05) is 23.8 Å². The Bertz CT molecular complexity index is 972. The van der Waals surface area contributed by atoms with Crippen molar-refractivity contribution in [3.8, 4) is 39.9 Å². The second-order valence-electron chi connectivity index (χ2n) is 4.86. The summed E-state index contributed by atoms with van der Waals surface area (Å²) in [6, 6.07) is 4.54. The molecule has 3 aromatic rings. The van der Waals surface area contributed by atoms with Crippen molar-refractivity contribution in [2.24, 2.45) is 0 Å². The summed E-state index contributed by atoms with van der Waals surface area (Å²) in [5.74, 6) is -1.37. The summed E-state index contributed by atoms with van der Waals surface area (Å²) in [6.45, 7) is 0. The van der Waals surface area contributed by atoms with E-state index in [1.807, 2.05) is 0 Å². The molecule has 0 aliphatic heterocycles. The van der Waals surface area contributed by atoms with Crippen molar-refractivity contribution < 1.29 is 29.6 Å². The number of phenols is 4. The fourth-order valence-electron chi connectivity index (χ4n) is 2.34. The fourth-order valence-corrected chi connectivity index (χ4v) is 2.34. The van der Waals surface area contributed by atoms with E-state index in [1.54, 1.807) is 0 Å². The minimum absolute atomic E-state index is 0.0122. The molecule has 118 valence electrons. The Hall–Kier alpha value is -3.35. The Balaban J connectivity index is 2.36. The zero-order chi connectivity index (χ0) is 16.7. The fraction of sp³-hybridized carbons (Fsp3) is 0.0625. The van der Waals surface area contributed by atoms with Gasteiger partial charge in [-0.3, -0.25) is 4.79 Å². The third-order valence-electron chi connectivity index (χ3n) is 3.43. The molecule has 0 bridgehead atoms. The maximum absolute atomic E-state index is 12.6. The molecule has 7 heteroatoms. The first-order chi connectivity index (χ1) is 10.9. The maximum Gasteiger partial charge on any atom is 0.204 e. The zero-order valence-corrected chi connectivity index (χ0v) is 11.9. The smallest absolute Gasteiger partial charge is 0.204 e. The second-order valence-corrected chi connectivity index (χ2v) is 4.86. The first-order valence-corrected chi connectivity index (χ1v) is 6.50. The number of aromatic hydroxyl groups is 4. The third-order valence-corrected chi connectivity index (χ3v) is 3.43. The topological polar surface area (TPSA) is 120 Å². The highest BCUT2D eigenvalue weighted by Crippen LogP contribution is 2.39. The van der Waals surface area contributed by atoms with Gasteiger partial charge in [0.05, 0.1) is 12.7 Å². The molecule has 0 saturated carbocycles. The summed E-state index contributed by atoms with van der Waals surface area (Å²) < 4.78 is 10.4. The zero-order valence-electron chi connectivity index (χ0n) is 11.9. The van der Waals surface area contributed by atoms with E-state index in [0.717, 1.165) is 24.5 Å². The average molecular weight is 316 g/mol. The predicted molar refractivity (Wildman–Crippen MR) is 81.1 cm³/mol. The summed E-state index contributed by atoms with van der Waals surface area (Å²) in [4.78, 5) is 12.6. The summed E-state index contributed by atoms with van der Waals surface area (Å²) in [6.07, 6.45) is 1.12. The van der Waals surface area contributed by atoms with Crippen molar-refractivity contribution in [3.05, 3.63) is 40.8 Å². The van der Waals surface area contributed by atoms with Gasteiger partial charge in [-0.25, -0.2) is 0 Å². The summed E-state index contributed by atoms with van der Waals surface area (Å²) in [7, 11) is 1.34. The van der Waals surface area contributed by atoms with Gasteiger partial charge in [-0.15, -0.1) is 0 Å². The third kappa shape index (κ3) is 2.28. The first kappa shape index (κ1) is 14.6. The molecule has 7 nitrogen and oxygen atoms in total. The molecule has 4 N–H and O–H groups in total. The molecule has 1 heterocycles. The van der Waals surface area contributed by atoms with E-state index in [1.165, 1.54) is 13.2 Å². The molecule has 23 heavy (non-hydrogen) atoms. The molecule has 0 unspecified atom stereocenters. The Morgan fingerprint density at radius 2 is 1.61 bits per heavy atom. The van der Waals surface area contributed by atoms with Gasteiger partial charge >= 0.3 is 0 Å². The van der Waals surface area contributed by atoms with Crippen molar-refractivity contribution in [2.45, 2.75) is 0 Å². The molecule has 0 aliphatic rings. The van der Waals surface area contributed by atoms with Crippen LogP contribution < -0.4 is 10.2 Å². The van der Waals surface area contributed by atoms with E-state index < -0.39 is 22.7 Å². The molecule has 0 atom stereocenters. The quantitative estimate of drug-likeness (QED) is 0.535. The Morgan fingerprint density at radius 1 is 0.913 bits per heavy atom. The van der Waals surface area contributed by atoms with Crippen LogP contribution in [0.1, 0.15) is 0 Å². The summed E-state index contributed by atoms with van der Waals surface area (Å²) >= 11 is 0. The predicted octanol–water partition coefficient (Wildman–Crippen LogP) is 2.29. The highest BCUT2D eigenvalue weighted by Gasteiger charge is 2.18. The molecule has 0 amide bonds. The van der Waals surface area contributed by atoms with Crippen molar-refractivity contribution >= 4 is 11.0 Å². The average Bonchev–Trinajstić information content (AvgIpc) is 2.49. The second kappa shape index (κ2) is 5.13. The number of benzene rings is 2. The van der Waals surface area contributed by atoms with Crippen molar-refractivity contribution in [1.29, 1.82) is 0 Å². The lowest BCUT2D eigenvalue weighted by Gasteiger charge is -2.10. The lowest BCUT2D eigenvalue weighted by Crippen LogP contribution is -2.06. The molecule has 0 saturated heterocycles. The van der Waals surface area contributed by atoms with Crippen LogP contribution >= 0.6 is 0 Å². The van der Waals surface area contributed by atoms with Gasteiger partial charge in [0.15, 0.2) is 11.5 Å². The minimum Gasteiger partial charge on any atom is -0.508 e. The number of hydrogen-bond acceptors (Lipinski definition) is 7. The van der Waals surface area contributed by atoms with Gasteiger partial charge in [0.2, 0.25) is 5.43 Å². The van der Waals surface area contributed by atoms with Crippen LogP contribution in [0.4, 0.5) is 0 Å². The van der Waals surface area contributed by atoms with Gasteiger partial charge < -0.3 is 29.6 Å². The van der Waals surface area contributed by atoms with E-state index in [9.17, 15) is 25.2 Å². The van der Waals surface area contributed by atoms with Crippen LogP contribution in [0.2, 0.25) is 0 Å². The molecule has 2 aromatic carbocycles. The lowest BCUT2D eigenvalue weighted by molar-refractivity contribution is 0.387. The molecule has 0 fully saturated rings. The first-order valence-electron chi connectivity index (χ1n) is 6.50. The number of phenolic OH excluding ortho intramolecular Hbond substituents is 4. The Kier molecular flexibility index (Phi) is 3.25.